The molecule has 0 saturated carbocycles. The molecule has 0 aliphatic rings. The lowest BCUT2D eigenvalue weighted by atomic mass is 9.93. The third kappa shape index (κ3) is 6.18. The summed E-state index contributed by atoms with van der Waals surface area (Å²) in [5, 5.41) is 2.49. The first-order valence-electron chi connectivity index (χ1n) is 18.6. The van der Waals surface area contributed by atoms with Gasteiger partial charge < -0.3 is 4.57 Å². The van der Waals surface area contributed by atoms with Gasteiger partial charge in [0.15, 0.2) is 0 Å². The minimum atomic E-state index is 1.11. The van der Waals surface area contributed by atoms with Crippen LogP contribution in [-0.4, -0.2) is 14.5 Å². The molecule has 0 spiro atoms. The van der Waals surface area contributed by atoms with Crippen molar-refractivity contribution in [1.29, 1.82) is 0 Å². The van der Waals surface area contributed by atoms with Crippen LogP contribution in [0.25, 0.3) is 94.3 Å². The van der Waals surface area contributed by atoms with Gasteiger partial charge in [-0.25, -0.2) is 0 Å². The average Bonchev–Trinajstić information content (AvgIpc) is 3.61. The van der Waals surface area contributed by atoms with Crippen molar-refractivity contribution in [3.8, 4) is 72.4 Å². The highest BCUT2D eigenvalue weighted by Gasteiger charge is 2.15. The highest BCUT2D eigenvalue weighted by molar-refractivity contribution is 6.09. The molecule has 0 saturated heterocycles. The molecule has 7 aromatic carbocycles. The number of hydrogen-bond acceptors (Lipinski definition) is 2. The summed E-state index contributed by atoms with van der Waals surface area (Å²) in [5.41, 5.74) is 17.3. The Hall–Kier alpha value is -7.36. The lowest BCUT2D eigenvalue weighted by Crippen LogP contribution is -1.96. The molecule has 3 nitrogen and oxygen atoms in total. The molecule has 0 amide bonds. The smallest absolute Gasteiger partial charge is 0.0541 e. The number of hydrogen-bond donors (Lipinski definition) is 0. The second-order valence-corrected chi connectivity index (χ2v) is 13.9. The van der Waals surface area contributed by atoms with Gasteiger partial charge in [0.2, 0.25) is 0 Å². The topological polar surface area (TPSA) is 30.7 Å². The summed E-state index contributed by atoms with van der Waals surface area (Å²) in [6, 6.07) is 67.9. The van der Waals surface area contributed by atoms with Gasteiger partial charge in [-0.3, -0.25) is 9.97 Å². The summed E-state index contributed by atoms with van der Waals surface area (Å²) in [5.74, 6) is 0. The lowest BCUT2D eigenvalue weighted by Gasteiger charge is -2.15. The van der Waals surface area contributed by atoms with E-state index in [1.165, 1.54) is 44.1 Å². The van der Waals surface area contributed by atoms with Gasteiger partial charge in [0.05, 0.1) is 11.0 Å². The van der Waals surface area contributed by atoms with Crippen molar-refractivity contribution in [3.05, 3.63) is 213 Å². The monoisotopic (exact) mass is 701 g/mol. The van der Waals surface area contributed by atoms with E-state index in [1.807, 2.05) is 36.9 Å². The second-order valence-electron chi connectivity index (χ2n) is 13.9. The largest absolute Gasteiger partial charge is 0.309 e. The van der Waals surface area contributed by atoms with Gasteiger partial charge in [-0.1, -0.05) is 121 Å². The highest BCUT2D eigenvalue weighted by Crippen LogP contribution is 2.38. The van der Waals surface area contributed by atoms with Crippen LogP contribution < -0.4 is 0 Å². The molecule has 10 rings (SSSR count). The van der Waals surface area contributed by atoms with Crippen molar-refractivity contribution < 1.29 is 0 Å². The standard InChI is InChI=1S/C52H35N3/c1-3-23-51-49(21-1)50-22-2-4-24-52(50)55(51)48-32-46(42-17-7-13-38(29-42)36-11-5-15-40(27-36)44-19-9-25-53-34-44)31-47(33-48)43-18-8-14-39(30-43)37-12-6-16-41(28-37)45-20-10-26-54-35-45/h1-35H. The van der Waals surface area contributed by atoms with E-state index in [4.69, 9.17) is 0 Å². The fourth-order valence-corrected chi connectivity index (χ4v) is 7.85. The maximum atomic E-state index is 4.35. The molecule has 0 aliphatic carbocycles. The molecule has 55 heavy (non-hydrogen) atoms. The summed E-state index contributed by atoms with van der Waals surface area (Å²) >= 11 is 0. The molecule has 0 bridgehead atoms. The number of fused-ring (bicyclic) bond motifs is 3. The Morgan fingerprint density at radius 1 is 0.273 bits per heavy atom. The van der Waals surface area contributed by atoms with Crippen molar-refractivity contribution in [2.24, 2.45) is 0 Å². The van der Waals surface area contributed by atoms with E-state index < -0.39 is 0 Å². The fraction of sp³-hybridized carbons (Fsp3) is 0. The molecule has 3 heteroatoms. The Bertz CT molecular complexity index is 2780. The van der Waals surface area contributed by atoms with Gasteiger partial charge in [-0.15, -0.1) is 0 Å². The normalized spacial score (nSPS) is 11.3. The molecule has 258 valence electrons. The molecule has 3 aromatic heterocycles. The van der Waals surface area contributed by atoms with Crippen molar-refractivity contribution in [2.45, 2.75) is 0 Å². The Morgan fingerprint density at radius 3 is 0.982 bits per heavy atom. The second kappa shape index (κ2) is 13.9. The molecule has 3 heterocycles. The Balaban J connectivity index is 1.13. The van der Waals surface area contributed by atoms with Gasteiger partial charge >= 0.3 is 0 Å². The Labute approximate surface area is 320 Å². The predicted molar refractivity (Wildman–Crippen MR) is 229 cm³/mol. The third-order valence-corrected chi connectivity index (χ3v) is 10.5. The Kier molecular flexibility index (Phi) is 8.16. The fourth-order valence-electron chi connectivity index (χ4n) is 7.85. The summed E-state index contributed by atoms with van der Waals surface area (Å²) in [6.07, 6.45) is 7.47. The van der Waals surface area contributed by atoms with E-state index in [9.17, 15) is 0 Å². The van der Waals surface area contributed by atoms with E-state index in [-0.39, 0.29) is 0 Å². The molecule has 0 N–H and O–H groups in total. The van der Waals surface area contributed by atoms with Crippen LogP contribution in [0.5, 0.6) is 0 Å². The Morgan fingerprint density at radius 2 is 0.600 bits per heavy atom. The van der Waals surface area contributed by atoms with E-state index in [2.05, 4.69) is 190 Å². The van der Waals surface area contributed by atoms with Crippen LogP contribution >= 0.6 is 0 Å². The van der Waals surface area contributed by atoms with Gasteiger partial charge in [-0.2, -0.15) is 0 Å². The van der Waals surface area contributed by atoms with E-state index in [1.54, 1.807) is 0 Å². The molecule has 10 aromatic rings. The summed E-state index contributed by atoms with van der Waals surface area (Å²) in [7, 11) is 0. The van der Waals surface area contributed by atoms with Crippen LogP contribution in [0.3, 0.4) is 0 Å². The number of benzene rings is 7. The minimum absolute atomic E-state index is 1.11. The number of para-hydroxylation sites is 2. The first-order chi connectivity index (χ1) is 27.2. The van der Waals surface area contributed by atoms with E-state index >= 15 is 0 Å². The number of rotatable bonds is 7. The predicted octanol–water partition coefficient (Wildman–Crippen LogP) is 13.6. The van der Waals surface area contributed by atoms with Crippen molar-refractivity contribution in [3.63, 3.8) is 0 Å². The zero-order valence-electron chi connectivity index (χ0n) is 30.0. The lowest BCUT2D eigenvalue weighted by molar-refractivity contribution is 1.18. The minimum Gasteiger partial charge on any atom is -0.309 e. The van der Waals surface area contributed by atoms with Gasteiger partial charge in [-0.05, 0) is 122 Å². The number of aromatic nitrogens is 3. The molecule has 0 atom stereocenters. The first-order valence-corrected chi connectivity index (χ1v) is 18.6. The quantitative estimate of drug-likeness (QED) is 0.166. The van der Waals surface area contributed by atoms with Crippen molar-refractivity contribution >= 4 is 21.8 Å². The van der Waals surface area contributed by atoms with Crippen LogP contribution in [0, 0.1) is 0 Å². The summed E-state index contributed by atoms with van der Waals surface area (Å²) in [6.45, 7) is 0. The summed E-state index contributed by atoms with van der Waals surface area (Å²) in [4.78, 5) is 8.70. The highest BCUT2D eigenvalue weighted by atomic mass is 15.0. The molecule has 0 fully saturated rings. The average molecular weight is 702 g/mol. The van der Waals surface area contributed by atoms with Gasteiger partial charge in [0.25, 0.3) is 0 Å². The van der Waals surface area contributed by atoms with E-state index in [0.717, 1.165) is 50.2 Å². The number of pyridine rings is 2. The first kappa shape index (κ1) is 32.3. The number of nitrogens with zero attached hydrogens (tertiary/aromatic N) is 3. The molecule has 0 radical (unpaired) electrons. The third-order valence-electron chi connectivity index (χ3n) is 10.5. The van der Waals surface area contributed by atoms with Crippen molar-refractivity contribution in [1.82, 2.24) is 14.5 Å². The van der Waals surface area contributed by atoms with Crippen molar-refractivity contribution in [2.75, 3.05) is 0 Å². The molecular weight excluding hydrogens is 667 g/mol. The zero-order valence-corrected chi connectivity index (χ0v) is 30.0. The van der Waals surface area contributed by atoms with Crippen LogP contribution in [0.4, 0.5) is 0 Å². The van der Waals surface area contributed by atoms with Crippen LogP contribution in [0.15, 0.2) is 213 Å². The molecule has 0 aliphatic heterocycles. The zero-order chi connectivity index (χ0) is 36.6. The maximum Gasteiger partial charge on any atom is 0.0541 e. The SMILES string of the molecule is c1cncc(-c2cccc(-c3cccc(-c4cc(-c5cccc(-c6cccc(-c7cccnc7)c6)c5)cc(-n5c6ccccc6c6ccccc65)c4)c3)c2)c1. The van der Waals surface area contributed by atoms with Gasteiger partial charge in [0.1, 0.15) is 0 Å². The van der Waals surface area contributed by atoms with Crippen LogP contribution in [0.2, 0.25) is 0 Å². The van der Waals surface area contributed by atoms with E-state index in [0.29, 0.717) is 0 Å². The maximum absolute atomic E-state index is 4.35. The van der Waals surface area contributed by atoms with Gasteiger partial charge in [0, 0.05) is 52.4 Å². The molecular formula is C52H35N3. The molecule has 0 unspecified atom stereocenters. The van der Waals surface area contributed by atoms with Crippen LogP contribution in [0.1, 0.15) is 0 Å². The summed E-state index contributed by atoms with van der Waals surface area (Å²) < 4.78 is 2.42. The van der Waals surface area contributed by atoms with Crippen LogP contribution in [-0.2, 0) is 0 Å².